The number of aromatic nitrogens is 2. The number of ether oxygens (including phenoxy) is 1. The van der Waals surface area contributed by atoms with Crippen molar-refractivity contribution < 1.29 is 14.5 Å². The van der Waals surface area contributed by atoms with Gasteiger partial charge in [-0.15, -0.1) is 0 Å². The van der Waals surface area contributed by atoms with Crippen LogP contribution in [-0.2, 0) is 4.74 Å². The zero-order valence-electron chi connectivity index (χ0n) is 17.8. The Morgan fingerprint density at radius 1 is 1.23 bits per heavy atom. The molecule has 0 spiro atoms. The van der Waals surface area contributed by atoms with Gasteiger partial charge in [-0.1, -0.05) is 0 Å². The lowest BCUT2D eigenvalue weighted by molar-refractivity contribution is -0.384. The molecule has 4 heterocycles. The summed E-state index contributed by atoms with van der Waals surface area (Å²) in [5.41, 5.74) is 0.0234. The molecular formula is C21H26N6O4. The van der Waals surface area contributed by atoms with E-state index in [1.54, 1.807) is 35.5 Å². The molecule has 0 aliphatic carbocycles. The van der Waals surface area contributed by atoms with E-state index in [0.717, 1.165) is 13.0 Å². The van der Waals surface area contributed by atoms with E-state index >= 15 is 0 Å². The topological polar surface area (TPSA) is 114 Å². The third-order valence-electron chi connectivity index (χ3n) is 5.50. The predicted molar refractivity (Wildman–Crippen MR) is 115 cm³/mol. The van der Waals surface area contributed by atoms with Crippen LogP contribution in [0.25, 0.3) is 0 Å². The Kier molecular flexibility index (Phi) is 5.38. The number of anilines is 3. The summed E-state index contributed by atoms with van der Waals surface area (Å²) in [5, 5.41) is 14.5. The fraction of sp³-hybridized carbons (Fsp3) is 0.476. The van der Waals surface area contributed by atoms with E-state index in [-0.39, 0.29) is 23.6 Å². The van der Waals surface area contributed by atoms with Crippen molar-refractivity contribution >= 4 is 29.1 Å². The van der Waals surface area contributed by atoms with Crippen LogP contribution in [0.4, 0.5) is 27.8 Å². The van der Waals surface area contributed by atoms with Crippen LogP contribution >= 0.6 is 0 Å². The van der Waals surface area contributed by atoms with Gasteiger partial charge in [0.25, 0.3) is 0 Å². The maximum atomic E-state index is 12.5. The molecular weight excluding hydrogens is 400 g/mol. The lowest BCUT2D eigenvalue weighted by atomic mass is 9.82. The van der Waals surface area contributed by atoms with Gasteiger partial charge in [0.15, 0.2) is 0 Å². The Morgan fingerprint density at radius 3 is 2.65 bits per heavy atom. The van der Waals surface area contributed by atoms with Gasteiger partial charge in [-0.05, 0) is 45.4 Å². The summed E-state index contributed by atoms with van der Waals surface area (Å²) in [7, 11) is 0. The Labute approximate surface area is 180 Å². The summed E-state index contributed by atoms with van der Waals surface area (Å²) in [4.78, 5) is 35.9. The van der Waals surface area contributed by atoms with Crippen LogP contribution in [0.2, 0.25) is 0 Å². The molecule has 0 unspecified atom stereocenters. The second kappa shape index (κ2) is 8.01. The van der Waals surface area contributed by atoms with Crippen molar-refractivity contribution in [2.75, 3.05) is 29.9 Å². The first-order chi connectivity index (χ1) is 14.7. The molecule has 31 heavy (non-hydrogen) atoms. The van der Waals surface area contributed by atoms with E-state index in [2.05, 4.69) is 20.2 Å². The third-order valence-corrected chi connectivity index (χ3v) is 5.50. The summed E-state index contributed by atoms with van der Waals surface area (Å²) in [6.45, 7) is 7.66. The van der Waals surface area contributed by atoms with Gasteiger partial charge in [0.05, 0.1) is 11.0 Å². The van der Waals surface area contributed by atoms with Crippen LogP contribution in [0.1, 0.15) is 27.2 Å². The molecule has 0 radical (unpaired) electrons. The van der Waals surface area contributed by atoms with Gasteiger partial charge in [-0.25, -0.2) is 9.78 Å². The fourth-order valence-electron chi connectivity index (χ4n) is 3.96. The number of pyridine rings is 2. The normalized spacial score (nSPS) is 20.5. The quantitative estimate of drug-likeness (QED) is 0.583. The average molecular weight is 426 g/mol. The van der Waals surface area contributed by atoms with Crippen LogP contribution in [0, 0.1) is 16.0 Å². The molecule has 1 N–H and O–H groups in total. The monoisotopic (exact) mass is 426 g/mol. The van der Waals surface area contributed by atoms with E-state index in [1.165, 1.54) is 6.07 Å². The molecule has 2 aliphatic rings. The van der Waals surface area contributed by atoms with Gasteiger partial charge in [0, 0.05) is 49.7 Å². The molecule has 2 aliphatic heterocycles. The van der Waals surface area contributed by atoms with E-state index in [4.69, 9.17) is 4.74 Å². The number of carbonyl (C=O) groups is 1. The van der Waals surface area contributed by atoms with Gasteiger partial charge in [0.1, 0.15) is 11.4 Å². The average Bonchev–Trinajstić information content (AvgIpc) is 2.68. The van der Waals surface area contributed by atoms with Gasteiger partial charge in [-0.3, -0.25) is 15.1 Å². The lowest BCUT2D eigenvalue weighted by Crippen LogP contribution is -2.66. The predicted octanol–water partition coefficient (Wildman–Crippen LogP) is 3.57. The molecule has 2 saturated heterocycles. The van der Waals surface area contributed by atoms with E-state index in [9.17, 15) is 14.9 Å². The molecule has 164 valence electrons. The molecule has 0 aromatic carbocycles. The number of nitrogens with one attached hydrogen (secondary N) is 1. The van der Waals surface area contributed by atoms with E-state index in [0.29, 0.717) is 30.5 Å². The minimum atomic E-state index is -0.538. The Morgan fingerprint density at radius 2 is 1.97 bits per heavy atom. The van der Waals surface area contributed by atoms with Gasteiger partial charge in [-0.2, -0.15) is 0 Å². The highest BCUT2D eigenvalue weighted by molar-refractivity contribution is 5.70. The van der Waals surface area contributed by atoms with Crippen LogP contribution in [0.15, 0.2) is 36.7 Å². The largest absolute Gasteiger partial charge is 0.444 e. The Bertz CT molecular complexity index is 978. The van der Waals surface area contributed by atoms with Crippen LogP contribution in [-0.4, -0.2) is 57.2 Å². The number of hydrogen-bond donors (Lipinski definition) is 1. The zero-order valence-corrected chi connectivity index (χ0v) is 17.8. The lowest BCUT2D eigenvalue weighted by Gasteiger charge is -2.53. The molecule has 2 fully saturated rings. The molecule has 0 saturated carbocycles. The summed E-state index contributed by atoms with van der Waals surface area (Å²) in [6, 6.07) is 6.61. The minimum absolute atomic E-state index is 0.0530. The maximum absolute atomic E-state index is 12.5. The standard InChI is InChI=1S/C21H26N6O4/c1-21(2,3)31-20(28)26-12-14-8-11-25(13-17(14)26)18-5-4-16(27(29)30)19(24-18)23-15-6-9-22-10-7-15/h4-7,9-10,14,17H,8,11-13H2,1-3H3,(H,22,23,24)/t14-,17-/m1/s1. The first-order valence-electron chi connectivity index (χ1n) is 10.3. The van der Waals surface area contributed by atoms with Crippen molar-refractivity contribution in [3.05, 3.63) is 46.8 Å². The molecule has 1 amide bonds. The smallest absolute Gasteiger partial charge is 0.410 e. The summed E-state index contributed by atoms with van der Waals surface area (Å²) < 4.78 is 5.52. The third kappa shape index (κ3) is 4.52. The SMILES string of the molecule is CC(C)(C)OC(=O)N1C[C@H]2CCN(c3ccc([N+](=O)[O-])c(Nc4ccncc4)n3)C[C@H]21. The minimum Gasteiger partial charge on any atom is -0.444 e. The van der Waals surface area contributed by atoms with Crippen molar-refractivity contribution in [3.63, 3.8) is 0 Å². The first kappa shape index (κ1) is 20.8. The fourth-order valence-corrected chi connectivity index (χ4v) is 3.96. The highest BCUT2D eigenvalue weighted by Crippen LogP contribution is 2.36. The van der Waals surface area contributed by atoms with E-state index < -0.39 is 10.5 Å². The van der Waals surface area contributed by atoms with E-state index in [1.807, 2.05) is 20.8 Å². The highest BCUT2D eigenvalue weighted by Gasteiger charge is 2.46. The molecule has 10 nitrogen and oxygen atoms in total. The second-order valence-electron chi connectivity index (χ2n) is 8.85. The molecule has 2 aromatic rings. The number of carbonyl (C=O) groups excluding carboxylic acids is 1. The highest BCUT2D eigenvalue weighted by atomic mass is 16.6. The number of nitro groups is 1. The van der Waals surface area contributed by atoms with Crippen molar-refractivity contribution in [2.24, 2.45) is 5.92 Å². The number of likely N-dealkylation sites (tertiary alicyclic amines) is 1. The van der Waals surface area contributed by atoms with Crippen LogP contribution in [0.3, 0.4) is 0 Å². The van der Waals surface area contributed by atoms with Gasteiger partial charge >= 0.3 is 11.8 Å². The van der Waals surface area contributed by atoms with Crippen LogP contribution < -0.4 is 10.2 Å². The first-order valence-corrected chi connectivity index (χ1v) is 10.3. The van der Waals surface area contributed by atoms with Crippen molar-refractivity contribution in [1.29, 1.82) is 0 Å². The second-order valence-corrected chi connectivity index (χ2v) is 8.85. The van der Waals surface area contributed by atoms with Crippen molar-refractivity contribution in [3.8, 4) is 0 Å². The Balaban J connectivity index is 1.52. The molecule has 2 aromatic heterocycles. The number of hydrogen-bond acceptors (Lipinski definition) is 8. The Hall–Kier alpha value is -3.43. The summed E-state index contributed by atoms with van der Waals surface area (Å²) >= 11 is 0. The molecule has 2 atom stereocenters. The number of fused-ring (bicyclic) bond motifs is 1. The zero-order chi connectivity index (χ0) is 22.2. The molecule has 4 rings (SSSR count). The van der Waals surface area contributed by atoms with Gasteiger partial charge in [0.2, 0.25) is 5.82 Å². The summed E-state index contributed by atoms with van der Waals surface area (Å²) in [5.74, 6) is 1.25. The number of piperidine rings is 1. The van der Waals surface area contributed by atoms with Gasteiger partial charge < -0.3 is 19.9 Å². The summed E-state index contributed by atoms with van der Waals surface area (Å²) in [6.07, 6.45) is 3.83. The maximum Gasteiger partial charge on any atom is 0.410 e. The van der Waals surface area contributed by atoms with Crippen LogP contribution in [0.5, 0.6) is 0 Å². The van der Waals surface area contributed by atoms with Crippen molar-refractivity contribution in [2.45, 2.75) is 38.8 Å². The van der Waals surface area contributed by atoms with Crippen molar-refractivity contribution in [1.82, 2.24) is 14.9 Å². The molecule has 0 bridgehead atoms. The number of amides is 1. The molecule has 10 heteroatoms. The number of rotatable bonds is 4. The number of nitrogens with zero attached hydrogens (tertiary/aromatic N) is 5.